The van der Waals surface area contributed by atoms with Gasteiger partial charge in [0, 0.05) is 0 Å². The summed E-state index contributed by atoms with van der Waals surface area (Å²) >= 11 is 0. The molecule has 11 nitrogen and oxygen atoms in total. The number of hydrogen-bond acceptors (Lipinski definition) is 3. The van der Waals surface area contributed by atoms with E-state index in [2.05, 4.69) is 0 Å². The molecular weight excluding hydrogens is 280 g/mol. The first-order chi connectivity index (χ1) is 1.41. The van der Waals surface area contributed by atoms with Crippen molar-refractivity contribution in [1.82, 2.24) is 0 Å². The van der Waals surface area contributed by atoms with Gasteiger partial charge in [-0.2, -0.15) is 0 Å². The average molecular weight is 296 g/mol. The van der Waals surface area contributed by atoms with Gasteiger partial charge in [-0.1, -0.05) is 0 Å². The van der Waals surface area contributed by atoms with Crippen LogP contribution < -0.4 is 0 Å². The molecule has 0 aromatic rings. The van der Waals surface area contributed by atoms with Crippen molar-refractivity contribution >= 4 is 0 Å². The van der Waals surface area contributed by atoms with Gasteiger partial charge in [-0.15, -0.1) is 5.34 Å². The number of nitrogens with zero attached hydrogens (tertiary/aromatic N) is 1. The van der Waals surface area contributed by atoms with Crippen LogP contribution in [0.25, 0.3) is 36.9 Å². The van der Waals surface area contributed by atoms with Crippen molar-refractivity contribution in [2.45, 2.75) is 0 Å². The van der Waals surface area contributed by atoms with E-state index in [1.165, 1.54) is 0 Å². The zero-order valence-electron chi connectivity index (χ0n) is 6.39. The molecule has 0 fully saturated rings. The summed E-state index contributed by atoms with van der Waals surface area (Å²) in [6.07, 6.45) is 0. The van der Waals surface area contributed by atoms with Gasteiger partial charge in [0.2, 0.25) is 0 Å². The molecule has 0 atom stereocenters. The molecular formula is H16Co2N7O4-. The van der Waals surface area contributed by atoms with Crippen LogP contribution >= 0.6 is 0 Å². The smallest absolute Gasteiger partial charge is 0.693 e. The Labute approximate surface area is 97.2 Å². The van der Waals surface area contributed by atoms with Crippen molar-refractivity contribution in [3.63, 3.8) is 0 Å². The number of nitrogens with two attached hydrogens (primary N) is 6. The summed E-state index contributed by atoms with van der Waals surface area (Å²) in [4.78, 5) is 8.00. The fourth-order valence-electron chi connectivity index (χ4n) is 0. The summed E-state index contributed by atoms with van der Waals surface area (Å²) in [6.45, 7) is 0. The van der Waals surface area contributed by atoms with Crippen molar-refractivity contribution in [2.75, 3.05) is 0 Å². The van der Waals surface area contributed by atoms with Crippen molar-refractivity contribution < 1.29 is 44.5 Å². The van der Waals surface area contributed by atoms with Crippen LogP contribution in [0.2, 0.25) is 0 Å². The maximum Gasteiger partial charge on any atom is 3.00 e. The van der Waals surface area contributed by atoms with Crippen LogP contribution in [0, 0.1) is 10.1 Å². The van der Waals surface area contributed by atoms with E-state index in [1.54, 1.807) is 0 Å². The van der Waals surface area contributed by atoms with Crippen molar-refractivity contribution in [3.8, 4) is 0 Å². The van der Waals surface area contributed by atoms with Crippen LogP contribution in [0.4, 0.5) is 0 Å². The van der Waals surface area contributed by atoms with Crippen LogP contribution in [0.1, 0.15) is 0 Å². The quantitative estimate of drug-likeness (QED) is 0.479. The van der Waals surface area contributed by atoms with Crippen molar-refractivity contribution in [2.24, 2.45) is 5.34 Å². The molecule has 16 N–H and O–H groups in total. The molecule has 13 heavy (non-hydrogen) atoms. The van der Waals surface area contributed by atoms with Gasteiger partial charge in [0.25, 0.3) is 0 Å². The van der Waals surface area contributed by atoms with Gasteiger partial charge in [-0.3, -0.25) is 0 Å². The molecule has 0 aliphatic heterocycles. The molecule has 0 aliphatic rings. The molecule has 0 aromatic carbocycles. The minimum Gasteiger partial charge on any atom is -0.693 e. The average Bonchev–Trinajstić information content (AvgIpc) is 0.918. The van der Waals surface area contributed by atoms with E-state index < -0.39 is 0 Å². The first kappa shape index (κ1) is 437. The first-order valence-electron chi connectivity index (χ1n) is 0.365. The minimum atomic E-state index is 0. The topological polar surface area (TPSA) is 316 Å². The van der Waals surface area contributed by atoms with Gasteiger partial charge >= 0.3 is 33.6 Å². The monoisotopic (exact) mass is 296 g/mol. The molecule has 0 amide bonds. The number of rotatable bonds is 0. The Morgan fingerprint density at radius 1 is 0.692 bits per heavy atom. The Balaban J connectivity index is -0.000000000444. The standard InChI is InChI=1S/2Co.HNO2.6H2N.2H2O/c;;2-1-3;;;;;;;;/h;;(H,2,3);8*1H2/q2*+3;;6*-1;;/p-1. The molecule has 0 saturated carbocycles. The van der Waals surface area contributed by atoms with E-state index in [0.717, 1.165) is 5.34 Å². The molecule has 0 saturated heterocycles. The summed E-state index contributed by atoms with van der Waals surface area (Å²) in [5.74, 6) is 0. The second kappa shape index (κ2) is 1250. The molecule has 0 radical (unpaired) electrons. The molecule has 0 bridgehead atoms. The van der Waals surface area contributed by atoms with Crippen molar-refractivity contribution in [3.05, 3.63) is 47.0 Å². The van der Waals surface area contributed by atoms with Gasteiger partial charge in [0.1, 0.15) is 0 Å². The summed E-state index contributed by atoms with van der Waals surface area (Å²) < 4.78 is 0. The Kier molecular flexibility index (Phi) is 41900. The third kappa shape index (κ3) is 142000. The maximum absolute atomic E-state index is 8.00. The second-order valence-corrected chi connectivity index (χ2v) is 0.0745. The van der Waals surface area contributed by atoms with Crippen LogP contribution in [0.3, 0.4) is 0 Å². The SMILES string of the molecule is O.O.O=N[O-].[Co+3].[Co+3].[NH2-].[NH2-].[NH2-].[NH2-].[NH2-].[NH2-]. The van der Waals surface area contributed by atoms with E-state index in [4.69, 9.17) is 10.1 Å². The van der Waals surface area contributed by atoms with E-state index in [1.807, 2.05) is 0 Å². The van der Waals surface area contributed by atoms with Crippen LogP contribution in [0.5, 0.6) is 0 Å². The van der Waals surface area contributed by atoms with E-state index in [9.17, 15) is 0 Å². The Bertz CT molecular complexity index is 26.0. The molecule has 0 spiro atoms. The third-order valence-corrected chi connectivity index (χ3v) is 0. The van der Waals surface area contributed by atoms with Gasteiger partial charge in [0.15, 0.2) is 0 Å². The predicted molar refractivity (Wildman–Crippen MR) is 48.1 cm³/mol. The largest absolute Gasteiger partial charge is 3.00 e. The molecule has 13 heteroatoms. The molecule has 0 aromatic heterocycles. The third-order valence-electron chi connectivity index (χ3n) is 0. The zero-order valence-corrected chi connectivity index (χ0v) is 8.48. The van der Waals surface area contributed by atoms with Gasteiger partial charge in [0.05, 0.1) is 0 Å². The number of hydrogen-bond donors (Lipinski definition) is 0. The van der Waals surface area contributed by atoms with Gasteiger partial charge < -0.3 is 58.0 Å². The van der Waals surface area contributed by atoms with Crippen molar-refractivity contribution in [1.29, 1.82) is 0 Å². The van der Waals surface area contributed by atoms with Crippen LogP contribution in [-0.2, 0) is 33.6 Å². The molecule has 0 unspecified atom stereocenters. The van der Waals surface area contributed by atoms with E-state index in [0.29, 0.717) is 0 Å². The zero-order chi connectivity index (χ0) is 2.71. The van der Waals surface area contributed by atoms with Gasteiger partial charge in [-0.25, -0.2) is 0 Å². The van der Waals surface area contributed by atoms with Gasteiger partial charge in [-0.05, 0) is 0 Å². The Morgan fingerprint density at radius 3 is 0.692 bits per heavy atom. The normalized spacial score (nSPS) is 0.923. The van der Waals surface area contributed by atoms with Crippen LogP contribution in [-0.4, -0.2) is 11.0 Å². The minimum absolute atomic E-state index is 0. The van der Waals surface area contributed by atoms with Crippen LogP contribution in [0.15, 0.2) is 5.34 Å². The fourth-order valence-corrected chi connectivity index (χ4v) is 0. The molecule has 0 aliphatic carbocycles. The molecule has 0 rings (SSSR count). The summed E-state index contributed by atoms with van der Waals surface area (Å²) in [5, 5.41) is 9.00. The molecule has 0 heterocycles. The first-order valence-corrected chi connectivity index (χ1v) is 0.365. The van der Waals surface area contributed by atoms with E-state index >= 15 is 0 Å². The summed E-state index contributed by atoms with van der Waals surface area (Å²) in [7, 11) is 0. The second-order valence-electron chi connectivity index (χ2n) is 0.0745. The Morgan fingerprint density at radius 2 is 0.692 bits per heavy atom. The summed E-state index contributed by atoms with van der Waals surface area (Å²) in [5.41, 5.74) is 0. The predicted octanol–water partition coefficient (Wildman–Crippen LogP) is 2.90. The Hall–Kier alpha value is 0.0930. The fraction of sp³-hybridized carbons (Fsp3) is 0. The maximum atomic E-state index is 8.00. The molecule has 94 valence electrons. The van der Waals surface area contributed by atoms with E-state index in [-0.39, 0.29) is 81.4 Å². The summed E-state index contributed by atoms with van der Waals surface area (Å²) in [6, 6.07) is 0.